The highest BCUT2D eigenvalue weighted by molar-refractivity contribution is 4.98. The Hall–Kier alpha value is -0.0800. The largest absolute Gasteiger partial charge is 0.312 e. The average Bonchev–Trinajstić information content (AvgIpc) is 2.21. The van der Waals surface area contributed by atoms with E-state index in [-0.39, 0.29) is 0 Å². The lowest BCUT2D eigenvalue weighted by Gasteiger charge is -2.49. The first-order valence-corrected chi connectivity index (χ1v) is 7.44. The van der Waals surface area contributed by atoms with Gasteiger partial charge in [-0.3, -0.25) is 0 Å². The van der Waals surface area contributed by atoms with Crippen LogP contribution in [0.25, 0.3) is 0 Å². The predicted molar refractivity (Wildman–Crippen MR) is 74.2 cm³/mol. The molecule has 3 atom stereocenters. The second-order valence-electron chi connectivity index (χ2n) is 6.86. The van der Waals surface area contributed by atoms with E-state index >= 15 is 0 Å². The standard InChI is InChI=1S/C15H30N2/c1-12-6-7-13(2)14(10-12)16-11-15(17(3)4)8-5-9-15/h12-14,16H,5-11H2,1-4H3. The number of hydrogen-bond donors (Lipinski definition) is 1. The van der Waals surface area contributed by atoms with Crippen molar-refractivity contribution in [3.8, 4) is 0 Å². The van der Waals surface area contributed by atoms with Gasteiger partial charge < -0.3 is 10.2 Å². The Balaban J connectivity index is 1.84. The monoisotopic (exact) mass is 238 g/mol. The molecule has 0 aromatic rings. The highest BCUT2D eigenvalue weighted by atomic mass is 15.2. The maximum absolute atomic E-state index is 3.88. The lowest BCUT2D eigenvalue weighted by molar-refractivity contribution is 0.0512. The van der Waals surface area contributed by atoms with Gasteiger partial charge in [-0.25, -0.2) is 0 Å². The first-order valence-electron chi connectivity index (χ1n) is 7.44. The van der Waals surface area contributed by atoms with E-state index in [4.69, 9.17) is 0 Å². The van der Waals surface area contributed by atoms with Gasteiger partial charge in [0.25, 0.3) is 0 Å². The Morgan fingerprint density at radius 1 is 1.18 bits per heavy atom. The molecule has 0 spiro atoms. The summed E-state index contributed by atoms with van der Waals surface area (Å²) >= 11 is 0. The fraction of sp³-hybridized carbons (Fsp3) is 1.00. The van der Waals surface area contributed by atoms with Crippen molar-refractivity contribution in [3.05, 3.63) is 0 Å². The summed E-state index contributed by atoms with van der Waals surface area (Å²) in [6.07, 6.45) is 8.39. The van der Waals surface area contributed by atoms with Crippen molar-refractivity contribution in [1.29, 1.82) is 0 Å². The van der Waals surface area contributed by atoms with Gasteiger partial charge in [-0.2, -0.15) is 0 Å². The molecule has 3 unspecified atom stereocenters. The number of nitrogens with zero attached hydrogens (tertiary/aromatic N) is 1. The molecule has 0 aromatic carbocycles. The molecule has 0 amide bonds. The SMILES string of the molecule is CC1CCC(C)C(NCC2(N(C)C)CCC2)C1. The second-order valence-corrected chi connectivity index (χ2v) is 6.86. The third kappa shape index (κ3) is 2.85. The summed E-state index contributed by atoms with van der Waals surface area (Å²) in [6, 6.07) is 0.760. The second kappa shape index (κ2) is 5.27. The van der Waals surface area contributed by atoms with Gasteiger partial charge in [0.15, 0.2) is 0 Å². The zero-order chi connectivity index (χ0) is 12.5. The highest BCUT2D eigenvalue weighted by Gasteiger charge is 2.39. The van der Waals surface area contributed by atoms with Crippen LogP contribution in [0, 0.1) is 11.8 Å². The van der Waals surface area contributed by atoms with Crippen molar-refractivity contribution in [3.63, 3.8) is 0 Å². The van der Waals surface area contributed by atoms with Crippen molar-refractivity contribution in [1.82, 2.24) is 10.2 Å². The summed E-state index contributed by atoms with van der Waals surface area (Å²) in [5.74, 6) is 1.78. The van der Waals surface area contributed by atoms with Crippen molar-refractivity contribution in [2.75, 3.05) is 20.6 Å². The first-order chi connectivity index (χ1) is 8.03. The lowest BCUT2D eigenvalue weighted by Crippen LogP contribution is -2.58. The fourth-order valence-electron chi connectivity index (χ4n) is 3.50. The molecular weight excluding hydrogens is 208 g/mol. The molecule has 2 rings (SSSR count). The summed E-state index contributed by atoms with van der Waals surface area (Å²) in [7, 11) is 4.49. The van der Waals surface area contributed by atoms with E-state index in [0.717, 1.165) is 17.9 Å². The molecular formula is C15H30N2. The van der Waals surface area contributed by atoms with Gasteiger partial charge in [-0.15, -0.1) is 0 Å². The number of rotatable bonds is 4. The Morgan fingerprint density at radius 3 is 2.41 bits per heavy atom. The van der Waals surface area contributed by atoms with Gasteiger partial charge in [0.2, 0.25) is 0 Å². The quantitative estimate of drug-likeness (QED) is 0.810. The molecule has 0 aliphatic heterocycles. The van der Waals surface area contributed by atoms with Crippen molar-refractivity contribution in [2.24, 2.45) is 11.8 Å². The number of likely N-dealkylation sites (N-methyl/N-ethyl adjacent to an activating group) is 1. The molecule has 2 saturated carbocycles. The first kappa shape index (κ1) is 13.4. The van der Waals surface area contributed by atoms with Crippen LogP contribution >= 0.6 is 0 Å². The normalized spacial score (nSPS) is 36.9. The van der Waals surface area contributed by atoms with Crippen LogP contribution in [0.5, 0.6) is 0 Å². The molecule has 0 saturated heterocycles. The molecule has 2 aliphatic carbocycles. The molecule has 0 heterocycles. The van der Waals surface area contributed by atoms with E-state index in [1.165, 1.54) is 45.1 Å². The zero-order valence-corrected chi connectivity index (χ0v) is 12.1. The third-order valence-corrected chi connectivity index (χ3v) is 5.38. The minimum absolute atomic E-state index is 0.473. The van der Waals surface area contributed by atoms with E-state index in [0.29, 0.717) is 5.54 Å². The molecule has 100 valence electrons. The minimum atomic E-state index is 0.473. The maximum Gasteiger partial charge on any atom is 0.0328 e. The summed E-state index contributed by atoms with van der Waals surface area (Å²) in [6.45, 7) is 6.03. The van der Waals surface area contributed by atoms with Gasteiger partial charge in [0.05, 0.1) is 0 Å². The van der Waals surface area contributed by atoms with Crippen LogP contribution < -0.4 is 5.32 Å². The third-order valence-electron chi connectivity index (χ3n) is 5.38. The molecule has 2 fully saturated rings. The Bertz CT molecular complexity index is 245. The highest BCUT2D eigenvalue weighted by Crippen LogP contribution is 2.36. The summed E-state index contributed by atoms with van der Waals surface area (Å²) < 4.78 is 0. The molecule has 2 aliphatic rings. The van der Waals surface area contributed by atoms with Crippen molar-refractivity contribution >= 4 is 0 Å². The molecule has 0 radical (unpaired) electrons. The fourth-order valence-corrected chi connectivity index (χ4v) is 3.50. The Labute approximate surface area is 107 Å². The predicted octanol–water partition coefficient (Wildman–Crippen LogP) is 2.89. The molecule has 17 heavy (non-hydrogen) atoms. The van der Waals surface area contributed by atoms with Crippen molar-refractivity contribution in [2.45, 2.75) is 64.0 Å². The number of nitrogens with one attached hydrogen (secondary N) is 1. The summed E-state index contributed by atoms with van der Waals surface area (Å²) in [4.78, 5) is 2.44. The topological polar surface area (TPSA) is 15.3 Å². The van der Waals surface area contributed by atoms with Crippen molar-refractivity contribution < 1.29 is 0 Å². The Kier molecular flexibility index (Phi) is 4.14. The summed E-state index contributed by atoms with van der Waals surface area (Å²) in [5, 5.41) is 3.88. The Morgan fingerprint density at radius 2 is 1.88 bits per heavy atom. The van der Waals surface area contributed by atoms with Crippen LogP contribution in [0.2, 0.25) is 0 Å². The van der Waals surface area contributed by atoms with E-state index < -0.39 is 0 Å². The van der Waals surface area contributed by atoms with Gasteiger partial charge >= 0.3 is 0 Å². The van der Waals surface area contributed by atoms with Crippen LogP contribution in [0.3, 0.4) is 0 Å². The van der Waals surface area contributed by atoms with Crippen LogP contribution in [-0.2, 0) is 0 Å². The zero-order valence-electron chi connectivity index (χ0n) is 12.1. The van der Waals surface area contributed by atoms with E-state index in [1.807, 2.05) is 0 Å². The molecule has 0 aromatic heterocycles. The average molecular weight is 238 g/mol. The number of hydrogen-bond acceptors (Lipinski definition) is 2. The van der Waals surface area contributed by atoms with E-state index in [1.54, 1.807) is 0 Å². The minimum Gasteiger partial charge on any atom is -0.312 e. The van der Waals surface area contributed by atoms with Gasteiger partial charge in [-0.05, 0) is 58.0 Å². The molecule has 0 bridgehead atoms. The van der Waals surface area contributed by atoms with Gasteiger partial charge in [0, 0.05) is 18.1 Å². The maximum atomic E-state index is 3.88. The van der Waals surface area contributed by atoms with E-state index in [2.05, 4.69) is 38.2 Å². The lowest BCUT2D eigenvalue weighted by atomic mass is 9.74. The molecule has 2 nitrogen and oxygen atoms in total. The molecule has 1 N–H and O–H groups in total. The van der Waals surface area contributed by atoms with Crippen LogP contribution in [-0.4, -0.2) is 37.1 Å². The van der Waals surface area contributed by atoms with Crippen LogP contribution in [0.1, 0.15) is 52.4 Å². The summed E-state index contributed by atoms with van der Waals surface area (Å²) in [5.41, 5.74) is 0.473. The smallest absolute Gasteiger partial charge is 0.0328 e. The van der Waals surface area contributed by atoms with Gasteiger partial charge in [0.1, 0.15) is 0 Å². The van der Waals surface area contributed by atoms with Gasteiger partial charge in [-0.1, -0.05) is 20.3 Å². The van der Waals surface area contributed by atoms with Crippen LogP contribution in [0.15, 0.2) is 0 Å². The van der Waals surface area contributed by atoms with Crippen LogP contribution in [0.4, 0.5) is 0 Å². The van der Waals surface area contributed by atoms with E-state index in [9.17, 15) is 0 Å². The molecule has 2 heteroatoms.